The molecule has 1 N–H and O–H groups in total. The van der Waals surface area contributed by atoms with Crippen LogP contribution in [0, 0.1) is 6.92 Å². The lowest BCUT2D eigenvalue weighted by molar-refractivity contribution is -0.173. The Morgan fingerprint density at radius 1 is 1.63 bits per heavy atom. The van der Waals surface area contributed by atoms with Crippen molar-refractivity contribution in [3.63, 3.8) is 0 Å². The average Bonchev–Trinajstić information content (AvgIpc) is 2.77. The molecule has 6 heteroatoms. The topological polar surface area (TPSA) is 66.8 Å². The summed E-state index contributed by atoms with van der Waals surface area (Å²) >= 11 is 1.47. The van der Waals surface area contributed by atoms with Gasteiger partial charge in [-0.2, -0.15) is 0 Å². The molecule has 1 aromatic heterocycles. The molecule has 2 heterocycles. The lowest BCUT2D eigenvalue weighted by Gasteiger charge is -2.39. The Balaban J connectivity index is 2.41. The highest BCUT2D eigenvalue weighted by Crippen LogP contribution is 2.35. The fourth-order valence-electron chi connectivity index (χ4n) is 2.33. The maximum atomic E-state index is 12.0. The number of aryl methyl sites for hydroxylation is 1. The number of hydrogen-bond donors (Lipinski definition) is 1. The van der Waals surface area contributed by atoms with Gasteiger partial charge in [0.05, 0.1) is 0 Å². The molecule has 0 bridgehead atoms. The van der Waals surface area contributed by atoms with Gasteiger partial charge in [0.15, 0.2) is 6.10 Å². The number of thiophene rings is 1. The van der Waals surface area contributed by atoms with E-state index < -0.39 is 18.1 Å². The Morgan fingerprint density at radius 2 is 2.37 bits per heavy atom. The Bertz CT molecular complexity index is 485. The quantitative estimate of drug-likeness (QED) is 0.915. The van der Waals surface area contributed by atoms with Gasteiger partial charge in [-0.1, -0.05) is 6.92 Å². The van der Waals surface area contributed by atoms with Crippen molar-refractivity contribution in [2.24, 2.45) is 0 Å². The molecule has 19 heavy (non-hydrogen) atoms. The monoisotopic (exact) mass is 283 g/mol. The number of carboxylic acids is 1. The molecule has 1 aliphatic heterocycles. The van der Waals surface area contributed by atoms with Crippen LogP contribution in [0.2, 0.25) is 0 Å². The SMILES string of the molecule is CCCN1C(=O)COC(C(=O)O)C1c1sccc1C. The van der Waals surface area contributed by atoms with E-state index in [2.05, 4.69) is 0 Å². The molecular formula is C13H17NO4S. The summed E-state index contributed by atoms with van der Waals surface area (Å²) in [5.74, 6) is -1.16. The van der Waals surface area contributed by atoms with Crippen molar-refractivity contribution in [2.45, 2.75) is 32.4 Å². The molecule has 104 valence electrons. The second kappa shape index (κ2) is 5.71. The first-order valence-corrected chi connectivity index (χ1v) is 7.12. The van der Waals surface area contributed by atoms with E-state index in [1.54, 1.807) is 4.90 Å². The van der Waals surface area contributed by atoms with E-state index in [0.29, 0.717) is 6.54 Å². The fourth-order valence-corrected chi connectivity index (χ4v) is 3.39. The summed E-state index contributed by atoms with van der Waals surface area (Å²) in [6, 6.07) is 1.42. The Hall–Kier alpha value is -1.40. The van der Waals surface area contributed by atoms with E-state index in [-0.39, 0.29) is 12.5 Å². The summed E-state index contributed by atoms with van der Waals surface area (Å²) in [7, 11) is 0. The minimum atomic E-state index is -1.02. The van der Waals surface area contributed by atoms with Crippen molar-refractivity contribution >= 4 is 23.2 Å². The Kier molecular flexibility index (Phi) is 4.21. The third kappa shape index (κ3) is 2.64. The molecule has 5 nitrogen and oxygen atoms in total. The van der Waals surface area contributed by atoms with Crippen LogP contribution in [0.25, 0.3) is 0 Å². The van der Waals surface area contributed by atoms with E-state index in [9.17, 15) is 14.7 Å². The van der Waals surface area contributed by atoms with Crippen LogP contribution < -0.4 is 0 Å². The van der Waals surface area contributed by atoms with Crippen molar-refractivity contribution in [3.05, 3.63) is 21.9 Å². The third-order valence-electron chi connectivity index (χ3n) is 3.21. The highest BCUT2D eigenvalue weighted by atomic mass is 32.1. The van der Waals surface area contributed by atoms with Gasteiger partial charge < -0.3 is 14.7 Å². The predicted molar refractivity (Wildman–Crippen MR) is 71.2 cm³/mol. The molecule has 2 rings (SSSR count). The molecule has 1 aromatic rings. The Morgan fingerprint density at radius 3 is 2.89 bits per heavy atom. The molecule has 2 unspecified atom stereocenters. The molecule has 0 aliphatic carbocycles. The van der Waals surface area contributed by atoms with Crippen LogP contribution in [0.4, 0.5) is 0 Å². The zero-order valence-corrected chi connectivity index (χ0v) is 11.8. The number of carboxylic acid groups (broad SMARTS) is 1. The maximum absolute atomic E-state index is 12.0. The van der Waals surface area contributed by atoms with Gasteiger partial charge in [0.2, 0.25) is 5.91 Å². The first-order valence-electron chi connectivity index (χ1n) is 6.24. The van der Waals surface area contributed by atoms with E-state index >= 15 is 0 Å². The number of ether oxygens (including phenoxy) is 1. The van der Waals surface area contributed by atoms with Gasteiger partial charge in [-0.05, 0) is 30.4 Å². The fraction of sp³-hybridized carbons (Fsp3) is 0.538. The summed E-state index contributed by atoms with van der Waals surface area (Å²) in [5, 5.41) is 11.2. The van der Waals surface area contributed by atoms with Crippen LogP contribution in [0.1, 0.15) is 29.8 Å². The summed E-state index contributed by atoms with van der Waals surface area (Å²) in [5.41, 5.74) is 1.00. The highest BCUT2D eigenvalue weighted by molar-refractivity contribution is 7.10. The minimum absolute atomic E-state index is 0.142. The van der Waals surface area contributed by atoms with Crippen LogP contribution in [-0.2, 0) is 14.3 Å². The number of amides is 1. The zero-order chi connectivity index (χ0) is 14.0. The van der Waals surface area contributed by atoms with Crippen LogP contribution in [0.3, 0.4) is 0 Å². The van der Waals surface area contributed by atoms with Gasteiger partial charge in [-0.25, -0.2) is 4.79 Å². The van der Waals surface area contributed by atoms with Crippen molar-refractivity contribution in [1.82, 2.24) is 4.90 Å². The lowest BCUT2D eigenvalue weighted by Crippen LogP contribution is -2.51. The van der Waals surface area contributed by atoms with Crippen LogP contribution in [-0.4, -0.2) is 41.1 Å². The molecule has 1 aliphatic rings. The second-order valence-electron chi connectivity index (χ2n) is 4.57. The van der Waals surface area contributed by atoms with Gasteiger partial charge in [0, 0.05) is 11.4 Å². The molecule has 0 spiro atoms. The van der Waals surface area contributed by atoms with Crippen LogP contribution in [0.5, 0.6) is 0 Å². The van der Waals surface area contributed by atoms with Crippen molar-refractivity contribution in [1.29, 1.82) is 0 Å². The molecule has 1 fully saturated rings. The maximum Gasteiger partial charge on any atom is 0.335 e. The standard InChI is InChI=1S/C13H17NO4S/c1-3-5-14-9(15)7-18-11(13(16)17)10(14)12-8(2)4-6-19-12/h4,6,10-11H,3,5,7H2,1-2H3,(H,16,17). The summed E-state index contributed by atoms with van der Waals surface area (Å²) in [6.07, 6.45) is -0.194. The first-order chi connectivity index (χ1) is 9.06. The minimum Gasteiger partial charge on any atom is -0.479 e. The average molecular weight is 283 g/mol. The van der Waals surface area contributed by atoms with Gasteiger partial charge >= 0.3 is 5.97 Å². The molecule has 0 saturated carbocycles. The predicted octanol–water partition coefficient (Wildman–Crippen LogP) is 1.82. The second-order valence-corrected chi connectivity index (χ2v) is 5.52. The zero-order valence-electron chi connectivity index (χ0n) is 11.0. The molecular weight excluding hydrogens is 266 g/mol. The van der Waals surface area contributed by atoms with Gasteiger partial charge in [0.1, 0.15) is 12.6 Å². The number of carbonyl (C=O) groups is 2. The molecule has 1 amide bonds. The van der Waals surface area contributed by atoms with Gasteiger partial charge in [0.25, 0.3) is 0 Å². The van der Waals surface area contributed by atoms with Crippen LogP contribution >= 0.6 is 11.3 Å². The van der Waals surface area contributed by atoms with Crippen molar-refractivity contribution in [2.75, 3.05) is 13.2 Å². The highest BCUT2D eigenvalue weighted by Gasteiger charge is 2.42. The molecule has 2 atom stereocenters. The molecule has 0 aromatic carbocycles. The number of carbonyl (C=O) groups excluding carboxylic acids is 1. The summed E-state index contributed by atoms with van der Waals surface area (Å²) in [6.45, 7) is 4.29. The summed E-state index contributed by atoms with van der Waals surface area (Å²) in [4.78, 5) is 25.9. The van der Waals surface area contributed by atoms with E-state index in [1.165, 1.54) is 11.3 Å². The van der Waals surface area contributed by atoms with Gasteiger partial charge in [-0.3, -0.25) is 4.79 Å². The van der Waals surface area contributed by atoms with E-state index in [4.69, 9.17) is 4.74 Å². The normalized spacial score (nSPS) is 23.7. The third-order valence-corrected chi connectivity index (χ3v) is 4.30. The van der Waals surface area contributed by atoms with Crippen molar-refractivity contribution in [3.8, 4) is 0 Å². The number of rotatable bonds is 4. The van der Waals surface area contributed by atoms with Gasteiger partial charge in [-0.15, -0.1) is 11.3 Å². The molecule has 1 saturated heterocycles. The smallest absolute Gasteiger partial charge is 0.335 e. The van der Waals surface area contributed by atoms with E-state index in [1.807, 2.05) is 25.3 Å². The summed E-state index contributed by atoms with van der Waals surface area (Å²) < 4.78 is 5.24. The van der Waals surface area contributed by atoms with Crippen molar-refractivity contribution < 1.29 is 19.4 Å². The lowest BCUT2D eigenvalue weighted by atomic mass is 10.0. The number of hydrogen-bond acceptors (Lipinski definition) is 4. The van der Waals surface area contributed by atoms with Crippen LogP contribution in [0.15, 0.2) is 11.4 Å². The number of nitrogens with zero attached hydrogens (tertiary/aromatic N) is 1. The van der Waals surface area contributed by atoms with E-state index in [0.717, 1.165) is 16.9 Å². The Labute approximate surface area is 115 Å². The first kappa shape index (κ1) is 14.0. The largest absolute Gasteiger partial charge is 0.479 e. The number of morpholine rings is 1. The number of aliphatic carboxylic acids is 1. The molecule has 0 radical (unpaired) electrons.